The molecule has 0 unspecified atom stereocenters. The maximum absolute atomic E-state index is 12.4. The van der Waals surface area contributed by atoms with Gasteiger partial charge in [0.25, 0.3) is 0 Å². The number of carbonyl (C=O) groups excluding carboxylic acids is 1. The van der Waals surface area contributed by atoms with E-state index in [0.29, 0.717) is 12.2 Å². The molecule has 0 saturated heterocycles. The van der Waals surface area contributed by atoms with Crippen molar-refractivity contribution in [2.45, 2.75) is 6.04 Å². The summed E-state index contributed by atoms with van der Waals surface area (Å²) in [6, 6.07) is 11.4. The first-order valence-corrected chi connectivity index (χ1v) is 8.92. The number of amides is 2. The second-order valence-electron chi connectivity index (χ2n) is 5.84. The summed E-state index contributed by atoms with van der Waals surface area (Å²) >= 11 is 1.66. The number of hydrogen-bond acceptors (Lipinski definition) is 4. The molecular weight excluding hydrogens is 334 g/mol. The van der Waals surface area contributed by atoms with Gasteiger partial charge in [-0.1, -0.05) is 12.1 Å². The Labute approximate surface area is 151 Å². The van der Waals surface area contributed by atoms with Gasteiger partial charge in [-0.2, -0.15) is 16.4 Å². The summed E-state index contributed by atoms with van der Waals surface area (Å²) in [5.74, 6) is 0. The number of urea groups is 1. The molecule has 1 atom stereocenters. The predicted octanol–water partition coefficient (Wildman–Crippen LogP) is 3.36. The lowest BCUT2D eigenvalue weighted by atomic mass is 10.1. The molecule has 3 aromatic rings. The van der Waals surface area contributed by atoms with Crippen LogP contribution < -0.4 is 10.6 Å². The van der Waals surface area contributed by atoms with Gasteiger partial charge in [0, 0.05) is 18.9 Å². The van der Waals surface area contributed by atoms with Crippen molar-refractivity contribution in [3.8, 4) is 5.69 Å². The average molecular weight is 355 g/mol. The standard InChI is InChI=1S/C18H21N5OS/c1-22(2)17(14-8-11-25-13-14)12-19-18(24)21-15-6-3-4-7-16(15)23-10-5-9-20-23/h3-11,13,17H,12H2,1-2H3,(H2,19,21,24)/t17-/m1/s1. The van der Waals surface area contributed by atoms with E-state index in [-0.39, 0.29) is 12.1 Å². The van der Waals surface area contributed by atoms with Crippen LogP contribution in [0, 0.1) is 0 Å². The Balaban J connectivity index is 1.65. The summed E-state index contributed by atoms with van der Waals surface area (Å²) in [5, 5.41) is 14.2. The zero-order chi connectivity index (χ0) is 17.6. The molecule has 6 nitrogen and oxygen atoms in total. The predicted molar refractivity (Wildman–Crippen MR) is 101 cm³/mol. The molecule has 7 heteroatoms. The topological polar surface area (TPSA) is 62.2 Å². The minimum absolute atomic E-state index is 0.137. The summed E-state index contributed by atoms with van der Waals surface area (Å²) in [6.07, 6.45) is 3.55. The van der Waals surface area contributed by atoms with E-state index >= 15 is 0 Å². The molecule has 0 radical (unpaired) electrons. The zero-order valence-electron chi connectivity index (χ0n) is 14.2. The van der Waals surface area contributed by atoms with Gasteiger partial charge in [-0.15, -0.1) is 0 Å². The number of anilines is 1. The number of nitrogens with one attached hydrogen (secondary N) is 2. The SMILES string of the molecule is CN(C)[C@H](CNC(=O)Nc1ccccc1-n1cccn1)c1ccsc1. The van der Waals surface area contributed by atoms with Gasteiger partial charge in [0.1, 0.15) is 0 Å². The molecule has 0 aliphatic carbocycles. The van der Waals surface area contributed by atoms with Crippen LogP contribution in [0.1, 0.15) is 11.6 Å². The second-order valence-corrected chi connectivity index (χ2v) is 6.62. The average Bonchev–Trinajstić information content (AvgIpc) is 3.29. The number of benzene rings is 1. The van der Waals surface area contributed by atoms with Crippen LogP contribution in [0.15, 0.2) is 59.6 Å². The zero-order valence-corrected chi connectivity index (χ0v) is 15.0. The summed E-state index contributed by atoms with van der Waals surface area (Å²) in [7, 11) is 4.02. The fourth-order valence-electron chi connectivity index (χ4n) is 2.61. The molecule has 0 aliphatic heterocycles. The van der Waals surface area contributed by atoms with Crippen molar-refractivity contribution in [1.82, 2.24) is 20.0 Å². The molecule has 2 aromatic heterocycles. The van der Waals surface area contributed by atoms with E-state index in [1.54, 1.807) is 22.2 Å². The molecule has 0 fully saturated rings. The van der Waals surface area contributed by atoms with E-state index < -0.39 is 0 Å². The van der Waals surface area contributed by atoms with Crippen molar-refractivity contribution >= 4 is 23.1 Å². The quantitative estimate of drug-likeness (QED) is 0.713. The lowest BCUT2D eigenvalue weighted by Gasteiger charge is -2.24. The van der Waals surface area contributed by atoms with E-state index in [9.17, 15) is 4.79 Å². The van der Waals surface area contributed by atoms with Crippen LogP contribution in [0.2, 0.25) is 0 Å². The number of likely N-dealkylation sites (N-methyl/N-ethyl adjacent to an activating group) is 1. The third-order valence-electron chi connectivity index (χ3n) is 3.91. The van der Waals surface area contributed by atoms with Crippen LogP contribution in [0.3, 0.4) is 0 Å². The molecule has 0 bridgehead atoms. The number of rotatable bonds is 6. The third-order valence-corrected chi connectivity index (χ3v) is 4.61. The van der Waals surface area contributed by atoms with Gasteiger partial charge in [0.05, 0.1) is 17.4 Å². The van der Waals surface area contributed by atoms with E-state index in [0.717, 1.165) is 5.69 Å². The smallest absolute Gasteiger partial charge is 0.319 e. The lowest BCUT2D eigenvalue weighted by Crippen LogP contribution is -2.36. The largest absolute Gasteiger partial charge is 0.336 e. The molecule has 0 spiro atoms. The first-order chi connectivity index (χ1) is 12.1. The van der Waals surface area contributed by atoms with Gasteiger partial charge in [0.2, 0.25) is 0 Å². The van der Waals surface area contributed by atoms with Crippen molar-refractivity contribution in [3.63, 3.8) is 0 Å². The van der Waals surface area contributed by atoms with Crippen LogP contribution in [0.5, 0.6) is 0 Å². The molecule has 25 heavy (non-hydrogen) atoms. The molecule has 2 heterocycles. The van der Waals surface area contributed by atoms with Gasteiger partial charge in [0.15, 0.2) is 0 Å². The molecular formula is C18H21N5OS. The number of nitrogens with zero attached hydrogens (tertiary/aromatic N) is 3. The normalized spacial score (nSPS) is 12.1. The fraction of sp³-hybridized carbons (Fsp3) is 0.222. The summed E-state index contributed by atoms with van der Waals surface area (Å²) in [5.41, 5.74) is 2.73. The highest BCUT2D eigenvalue weighted by Gasteiger charge is 2.16. The van der Waals surface area contributed by atoms with Crippen LogP contribution >= 0.6 is 11.3 Å². The Morgan fingerprint density at radius 1 is 1.28 bits per heavy atom. The van der Waals surface area contributed by atoms with Crippen molar-refractivity contribution < 1.29 is 4.79 Å². The van der Waals surface area contributed by atoms with Gasteiger partial charge < -0.3 is 15.5 Å². The Hall–Kier alpha value is -2.64. The molecule has 0 saturated carbocycles. The van der Waals surface area contributed by atoms with Gasteiger partial charge in [-0.3, -0.25) is 0 Å². The third kappa shape index (κ3) is 4.26. The Kier molecular flexibility index (Phi) is 5.47. The van der Waals surface area contributed by atoms with Crippen molar-refractivity contribution in [2.24, 2.45) is 0 Å². The van der Waals surface area contributed by atoms with Gasteiger partial charge in [-0.25, -0.2) is 9.48 Å². The molecule has 130 valence electrons. The number of thiophene rings is 1. The van der Waals surface area contributed by atoms with Crippen molar-refractivity contribution in [2.75, 3.05) is 26.0 Å². The highest BCUT2D eigenvalue weighted by molar-refractivity contribution is 7.07. The number of carbonyl (C=O) groups is 1. The summed E-state index contributed by atoms with van der Waals surface area (Å²) in [6.45, 7) is 0.527. The van der Waals surface area contributed by atoms with E-state index in [1.165, 1.54) is 5.56 Å². The van der Waals surface area contributed by atoms with Crippen LogP contribution in [0.4, 0.5) is 10.5 Å². The minimum Gasteiger partial charge on any atom is -0.336 e. The summed E-state index contributed by atoms with van der Waals surface area (Å²) in [4.78, 5) is 14.5. The van der Waals surface area contributed by atoms with Gasteiger partial charge in [-0.05, 0) is 54.7 Å². The maximum atomic E-state index is 12.4. The monoisotopic (exact) mass is 355 g/mol. The maximum Gasteiger partial charge on any atom is 0.319 e. The van der Waals surface area contributed by atoms with E-state index in [2.05, 4.69) is 32.1 Å². The molecule has 3 rings (SSSR count). The number of hydrogen-bond donors (Lipinski definition) is 2. The van der Waals surface area contributed by atoms with E-state index in [1.807, 2.05) is 56.0 Å². The fourth-order valence-corrected chi connectivity index (χ4v) is 3.32. The molecule has 1 aromatic carbocycles. The highest BCUT2D eigenvalue weighted by Crippen LogP contribution is 2.21. The summed E-state index contributed by atoms with van der Waals surface area (Å²) < 4.78 is 1.73. The van der Waals surface area contributed by atoms with Crippen molar-refractivity contribution in [3.05, 3.63) is 65.1 Å². The highest BCUT2D eigenvalue weighted by atomic mass is 32.1. The molecule has 2 N–H and O–H groups in total. The first-order valence-electron chi connectivity index (χ1n) is 7.97. The van der Waals surface area contributed by atoms with Crippen LogP contribution in [-0.4, -0.2) is 41.4 Å². The number of para-hydroxylation sites is 2. The molecule has 2 amide bonds. The van der Waals surface area contributed by atoms with Gasteiger partial charge >= 0.3 is 6.03 Å². The molecule has 0 aliphatic rings. The second kappa shape index (κ2) is 7.96. The van der Waals surface area contributed by atoms with Crippen molar-refractivity contribution in [1.29, 1.82) is 0 Å². The minimum atomic E-state index is -0.235. The van der Waals surface area contributed by atoms with E-state index in [4.69, 9.17) is 0 Å². The Morgan fingerprint density at radius 3 is 2.80 bits per heavy atom. The van der Waals surface area contributed by atoms with Crippen LogP contribution in [-0.2, 0) is 0 Å². The lowest BCUT2D eigenvalue weighted by molar-refractivity contribution is 0.243. The first kappa shape index (κ1) is 17.2. The Morgan fingerprint density at radius 2 is 2.12 bits per heavy atom. The Bertz CT molecular complexity index is 799. The number of aromatic nitrogens is 2. The van der Waals surface area contributed by atoms with Crippen LogP contribution in [0.25, 0.3) is 5.69 Å².